The number of ether oxygens (including phenoxy) is 4. The number of carbonyl (C=O) groups is 2. The van der Waals surface area contributed by atoms with Gasteiger partial charge in [-0.05, 0) is 33.1 Å². The first-order chi connectivity index (χ1) is 31.6. The van der Waals surface area contributed by atoms with E-state index in [0.29, 0.717) is 0 Å². The standard InChI is InChI=1S/C48H77N3O16/c1-28-18-16-14-12-10-8-6-7-9-11-13-15-17-19-35(66-46-45(61)41(49)44(60)31(4)65-46)25-39-42(51-47(62)50-5)38(57)27-48(63,67-39)26-34(54)23-37(56)36(55)21-20-32(52)22-33(53)24-40(58)64-30(3)29(2)43(28)59/h6-19,28-39,41-46,52-57,59-61,63H,20-27,49H2,1-5H3,(H2,50,51,62)/b7-6+,10-8+,11-9+,14-12+,15-13+,18-16+,19-17+/t28?,29-,30-,31+,32+,33+,34-,35-,36+,37+,38-,39-,41-,42+,43+,44+,45-,46-,48+/m0/s1. The van der Waals surface area contributed by atoms with Crippen LogP contribution < -0.4 is 16.4 Å². The van der Waals surface area contributed by atoms with Gasteiger partial charge < -0.3 is 86.4 Å². The molecule has 3 aliphatic rings. The smallest absolute Gasteiger partial charge is 0.314 e. The first kappa shape index (κ1) is 57.7. The molecule has 2 amide bonds. The van der Waals surface area contributed by atoms with E-state index in [4.69, 9.17) is 24.7 Å². The summed E-state index contributed by atoms with van der Waals surface area (Å²) < 4.78 is 23.6. The zero-order valence-electron chi connectivity index (χ0n) is 39.1. The molecule has 3 aliphatic heterocycles. The second-order valence-corrected chi connectivity index (χ2v) is 18.0. The van der Waals surface area contributed by atoms with Gasteiger partial charge in [-0.15, -0.1) is 0 Å². The zero-order chi connectivity index (χ0) is 49.8. The SMILES string of the molecule is CNC(=O)N[C@H]1[C@@H]2C[C@@H](O[C@@H]3O[C@H](C)[C@@H](O)[C@H](N)[C@@H]3O)/C=C/C=C/C=C/C=C/C=C/C=C/C=C/C(C)[C@@H](O)[C@@H](C)[C@H](C)OC(=O)C[C@H](O)C[C@H](O)CC[C@@H](O)[C@H](O)C[C@H](O)C[C@](O)(C[C@@H]1O)O2. The monoisotopic (exact) mass is 952 g/mol. The molecule has 2 bridgehead atoms. The number of hydrogen-bond acceptors (Lipinski definition) is 17. The number of nitrogens with one attached hydrogen (secondary N) is 2. The Morgan fingerprint density at radius 1 is 0.687 bits per heavy atom. The highest BCUT2D eigenvalue weighted by atomic mass is 16.7. The van der Waals surface area contributed by atoms with Crippen LogP contribution in [0.4, 0.5) is 4.79 Å². The number of carbonyl (C=O) groups excluding carboxylic acids is 2. The van der Waals surface area contributed by atoms with E-state index in [1.165, 1.54) is 7.05 Å². The van der Waals surface area contributed by atoms with Gasteiger partial charge in [0.1, 0.15) is 12.2 Å². The van der Waals surface area contributed by atoms with Gasteiger partial charge in [0.05, 0.1) is 85.6 Å². The van der Waals surface area contributed by atoms with Crippen molar-refractivity contribution in [1.82, 2.24) is 10.6 Å². The molecule has 0 aromatic carbocycles. The number of amides is 2. The van der Waals surface area contributed by atoms with Crippen LogP contribution in [0.5, 0.6) is 0 Å². The minimum absolute atomic E-state index is 0.0901. The second kappa shape index (κ2) is 28.8. The van der Waals surface area contributed by atoms with Crippen LogP contribution in [-0.2, 0) is 23.7 Å². The van der Waals surface area contributed by atoms with Crippen molar-refractivity contribution in [3.63, 3.8) is 0 Å². The van der Waals surface area contributed by atoms with Crippen molar-refractivity contribution in [2.45, 2.75) is 183 Å². The maximum Gasteiger partial charge on any atom is 0.314 e. The summed E-state index contributed by atoms with van der Waals surface area (Å²) >= 11 is 0. The lowest BCUT2D eigenvalue weighted by molar-refractivity contribution is -0.303. The summed E-state index contributed by atoms with van der Waals surface area (Å²) in [6.45, 7) is 6.79. The van der Waals surface area contributed by atoms with E-state index >= 15 is 0 Å². The Kier molecular flexibility index (Phi) is 24.8. The molecule has 0 saturated carbocycles. The van der Waals surface area contributed by atoms with Crippen molar-refractivity contribution in [2.24, 2.45) is 17.6 Å². The molecule has 1 unspecified atom stereocenters. The summed E-state index contributed by atoms with van der Waals surface area (Å²) in [4.78, 5) is 25.2. The van der Waals surface area contributed by atoms with Crippen molar-refractivity contribution in [1.29, 1.82) is 0 Å². The number of esters is 1. The highest BCUT2D eigenvalue weighted by molar-refractivity contribution is 5.74. The van der Waals surface area contributed by atoms with Gasteiger partial charge in [0.15, 0.2) is 12.1 Å². The predicted octanol–water partition coefficient (Wildman–Crippen LogP) is 0.309. The second-order valence-electron chi connectivity index (χ2n) is 18.0. The minimum Gasteiger partial charge on any atom is -0.462 e. The number of allylic oxidation sites excluding steroid dienone is 12. The van der Waals surface area contributed by atoms with E-state index in [0.717, 1.165) is 0 Å². The maximum atomic E-state index is 12.6. The normalized spacial score (nSPS) is 44.4. The van der Waals surface area contributed by atoms with Gasteiger partial charge in [0.2, 0.25) is 0 Å². The Bertz CT molecular complexity index is 1710. The molecule has 2 saturated heterocycles. The third-order valence-electron chi connectivity index (χ3n) is 12.3. The largest absolute Gasteiger partial charge is 0.462 e. The number of aliphatic hydroxyl groups is 10. The average Bonchev–Trinajstić information content (AvgIpc) is 3.26. The van der Waals surface area contributed by atoms with Crippen molar-refractivity contribution >= 4 is 12.0 Å². The molecule has 0 spiro atoms. The Labute approximate surface area is 393 Å². The third kappa shape index (κ3) is 19.7. The van der Waals surface area contributed by atoms with Crippen molar-refractivity contribution < 1.29 is 79.6 Å². The number of urea groups is 1. The van der Waals surface area contributed by atoms with Gasteiger partial charge in [-0.2, -0.15) is 0 Å². The van der Waals surface area contributed by atoms with Crippen LogP contribution in [0.25, 0.3) is 0 Å². The first-order valence-electron chi connectivity index (χ1n) is 23.1. The van der Waals surface area contributed by atoms with Gasteiger partial charge >= 0.3 is 12.0 Å². The molecule has 19 atom stereocenters. The van der Waals surface area contributed by atoms with Crippen LogP contribution in [0.15, 0.2) is 85.1 Å². The van der Waals surface area contributed by atoms with E-state index in [2.05, 4.69) is 10.6 Å². The van der Waals surface area contributed by atoms with Crippen molar-refractivity contribution in [3.8, 4) is 0 Å². The van der Waals surface area contributed by atoms with Crippen LogP contribution >= 0.6 is 0 Å². The molecule has 14 N–H and O–H groups in total. The summed E-state index contributed by atoms with van der Waals surface area (Å²) in [5.41, 5.74) is 6.07. The highest BCUT2D eigenvalue weighted by Gasteiger charge is 2.49. The van der Waals surface area contributed by atoms with Crippen LogP contribution in [0.2, 0.25) is 0 Å². The maximum absolute atomic E-state index is 12.6. The van der Waals surface area contributed by atoms with Crippen LogP contribution in [-0.4, -0.2) is 174 Å². The Balaban J connectivity index is 1.89. The van der Waals surface area contributed by atoms with Gasteiger partial charge in [0.25, 0.3) is 0 Å². The predicted molar refractivity (Wildman–Crippen MR) is 247 cm³/mol. The topological polar surface area (TPSA) is 323 Å². The summed E-state index contributed by atoms with van der Waals surface area (Å²) in [7, 11) is 1.37. The molecule has 0 radical (unpaired) electrons. The minimum atomic E-state index is -2.23. The summed E-state index contributed by atoms with van der Waals surface area (Å²) in [6, 6.07) is -2.93. The van der Waals surface area contributed by atoms with Crippen LogP contribution in [0, 0.1) is 11.8 Å². The summed E-state index contributed by atoms with van der Waals surface area (Å²) in [5, 5.41) is 114. The third-order valence-corrected chi connectivity index (χ3v) is 12.3. The van der Waals surface area contributed by atoms with Gasteiger partial charge in [-0.1, -0.05) is 98.9 Å². The molecule has 2 fully saturated rings. The zero-order valence-corrected chi connectivity index (χ0v) is 39.1. The molecular formula is C48H77N3O16. The van der Waals surface area contributed by atoms with Crippen LogP contribution in [0.3, 0.4) is 0 Å². The van der Waals surface area contributed by atoms with Crippen molar-refractivity contribution in [2.75, 3.05) is 7.05 Å². The Morgan fingerprint density at radius 3 is 1.87 bits per heavy atom. The van der Waals surface area contributed by atoms with Gasteiger partial charge in [-0.25, -0.2) is 4.79 Å². The fraction of sp³-hybridized carbons (Fsp3) is 0.667. The van der Waals surface area contributed by atoms with E-state index in [1.54, 1.807) is 69.4 Å². The summed E-state index contributed by atoms with van der Waals surface area (Å²) in [6.07, 6.45) is 5.17. The molecule has 19 nitrogen and oxygen atoms in total. The Morgan fingerprint density at radius 2 is 1.27 bits per heavy atom. The molecule has 0 aromatic heterocycles. The molecular weight excluding hydrogens is 875 g/mol. The lowest BCUT2D eigenvalue weighted by Gasteiger charge is -2.46. The molecule has 3 heterocycles. The number of rotatable bonds is 3. The van der Waals surface area contributed by atoms with E-state index in [1.807, 2.05) is 43.4 Å². The lowest BCUT2D eigenvalue weighted by Crippen LogP contribution is -2.63. The first-order valence-corrected chi connectivity index (χ1v) is 23.1. The van der Waals surface area contributed by atoms with Crippen LogP contribution in [0.1, 0.15) is 79.1 Å². The highest BCUT2D eigenvalue weighted by Crippen LogP contribution is 2.35. The molecule has 3 rings (SSSR count). The molecule has 380 valence electrons. The number of aliphatic hydroxyl groups excluding tert-OH is 9. The number of nitrogens with two attached hydrogens (primary N) is 1. The Hall–Kier alpha value is -3.64. The van der Waals surface area contributed by atoms with Gasteiger partial charge in [0, 0.05) is 44.6 Å². The number of hydrogen-bond donors (Lipinski definition) is 13. The van der Waals surface area contributed by atoms with E-state index in [-0.39, 0.29) is 31.6 Å². The molecule has 67 heavy (non-hydrogen) atoms. The van der Waals surface area contributed by atoms with E-state index < -0.39 is 147 Å². The molecule has 0 aliphatic carbocycles. The number of cyclic esters (lactones) is 1. The molecule has 0 aromatic rings. The van der Waals surface area contributed by atoms with Crippen molar-refractivity contribution in [3.05, 3.63) is 85.1 Å². The number of fused-ring (bicyclic) bond motifs is 2. The average molecular weight is 952 g/mol. The van der Waals surface area contributed by atoms with E-state index in [9.17, 15) is 60.7 Å². The quantitative estimate of drug-likeness (QED) is 0.169. The fourth-order valence-electron chi connectivity index (χ4n) is 8.06. The molecule has 19 heteroatoms. The van der Waals surface area contributed by atoms with Gasteiger partial charge in [-0.3, -0.25) is 4.79 Å². The fourth-order valence-corrected chi connectivity index (χ4v) is 8.06. The summed E-state index contributed by atoms with van der Waals surface area (Å²) in [5.74, 6) is -3.68. The lowest BCUT2D eigenvalue weighted by atomic mass is 9.87.